The predicted molar refractivity (Wildman–Crippen MR) is 100 cm³/mol. The molecule has 8 nitrogen and oxygen atoms in total. The standard InChI is InChI=1S/C19H15N5O3/c1-27-16-10-12(8-11-9-15(18(25)26)23-17(11)16)22-19-21-7-5-14(24-19)13-4-2-3-6-20-13/h2-10,23H,1H3,(H,25,26)(H,21,22,24). The van der Waals surface area contributed by atoms with E-state index >= 15 is 0 Å². The highest BCUT2D eigenvalue weighted by molar-refractivity contribution is 5.97. The molecule has 27 heavy (non-hydrogen) atoms. The molecule has 0 atom stereocenters. The van der Waals surface area contributed by atoms with E-state index in [9.17, 15) is 9.90 Å². The Kier molecular flexibility index (Phi) is 4.13. The maximum absolute atomic E-state index is 11.2. The predicted octanol–water partition coefficient (Wildman–Crippen LogP) is 3.47. The summed E-state index contributed by atoms with van der Waals surface area (Å²) in [6.07, 6.45) is 3.35. The minimum absolute atomic E-state index is 0.0915. The van der Waals surface area contributed by atoms with Crippen LogP contribution in [0.5, 0.6) is 5.75 Å². The van der Waals surface area contributed by atoms with Gasteiger partial charge in [0.2, 0.25) is 5.95 Å². The first kappa shape index (κ1) is 16.5. The van der Waals surface area contributed by atoms with Gasteiger partial charge in [-0.15, -0.1) is 0 Å². The summed E-state index contributed by atoms with van der Waals surface area (Å²) in [4.78, 5) is 27.1. The van der Waals surface area contributed by atoms with Gasteiger partial charge in [0.25, 0.3) is 0 Å². The van der Waals surface area contributed by atoms with E-state index in [1.807, 2.05) is 18.2 Å². The number of aromatic nitrogens is 4. The number of benzene rings is 1. The maximum atomic E-state index is 11.2. The van der Waals surface area contributed by atoms with Crippen LogP contribution in [0.15, 0.2) is 54.9 Å². The lowest BCUT2D eigenvalue weighted by Gasteiger charge is -2.09. The van der Waals surface area contributed by atoms with E-state index in [0.29, 0.717) is 34.0 Å². The third-order valence-corrected chi connectivity index (χ3v) is 3.98. The van der Waals surface area contributed by atoms with Crippen LogP contribution in [-0.4, -0.2) is 38.1 Å². The number of fused-ring (bicyclic) bond motifs is 1. The van der Waals surface area contributed by atoms with Crippen molar-refractivity contribution in [3.63, 3.8) is 0 Å². The fraction of sp³-hybridized carbons (Fsp3) is 0.0526. The first-order valence-corrected chi connectivity index (χ1v) is 8.09. The molecule has 0 unspecified atom stereocenters. The van der Waals surface area contributed by atoms with Crippen LogP contribution >= 0.6 is 0 Å². The second kappa shape index (κ2) is 6.75. The third kappa shape index (κ3) is 3.28. The summed E-state index contributed by atoms with van der Waals surface area (Å²) in [5.74, 6) is -0.119. The van der Waals surface area contributed by atoms with E-state index in [1.54, 1.807) is 36.7 Å². The number of hydrogen-bond donors (Lipinski definition) is 3. The van der Waals surface area contributed by atoms with Gasteiger partial charge in [0, 0.05) is 29.5 Å². The summed E-state index contributed by atoms with van der Waals surface area (Å²) in [6.45, 7) is 0. The number of carbonyl (C=O) groups is 1. The molecule has 4 aromatic rings. The fourth-order valence-corrected chi connectivity index (χ4v) is 2.76. The molecule has 134 valence electrons. The molecule has 0 aliphatic carbocycles. The molecule has 3 N–H and O–H groups in total. The van der Waals surface area contributed by atoms with Gasteiger partial charge in [-0.3, -0.25) is 4.98 Å². The van der Waals surface area contributed by atoms with E-state index in [0.717, 1.165) is 5.69 Å². The quantitative estimate of drug-likeness (QED) is 0.499. The van der Waals surface area contributed by atoms with Crippen LogP contribution in [-0.2, 0) is 0 Å². The molecule has 0 fully saturated rings. The van der Waals surface area contributed by atoms with Gasteiger partial charge in [0.1, 0.15) is 11.4 Å². The second-order valence-electron chi connectivity index (χ2n) is 5.74. The summed E-state index contributed by atoms with van der Waals surface area (Å²) in [5, 5.41) is 13.0. The second-order valence-corrected chi connectivity index (χ2v) is 5.74. The van der Waals surface area contributed by atoms with Gasteiger partial charge in [0.05, 0.1) is 24.0 Å². The minimum atomic E-state index is -1.03. The molecule has 0 saturated carbocycles. The van der Waals surface area contributed by atoms with Crippen LogP contribution in [0.25, 0.3) is 22.3 Å². The number of pyridine rings is 1. The lowest BCUT2D eigenvalue weighted by molar-refractivity contribution is 0.0691. The number of nitrogens with one attached hydrogen (secondary N) is 2. The highest BCUT2D eigenvalue weighted by Gasteiger charge is 2.13. The van der Waals surface area contributed by atoms with Crippen molar-refractivity contribution in [2.24, 2.45) is 0 Å². The highest BCUT2D eigenvalue weighted by Crippen LogP contribution is 2.31. The van der Waals surface area contributed by atoms with Crippen molar-refractivity contribution >= 4 is 28.5 Å². The van der Waals surface area contributed by atoms with Crippen LogP contribution in [0.2, 0.25) is 0 Å². The van der Waals surface area contributed by atoms with Gasteiger partial charge in [-0.05, 0) is 30.3 Å². The van der Waals surface area contributed by atoms with Crippen LogP contribution in [0.3, 0.4) is 0 Å². The minimum Gasteiger partial charge on any atom is -0.494 e. The van der Waals surface area contributed by atoms with Crippen molar-refractivity contribution < 1.29 is 14.6 Å². The summed E-state index contributed by atoms with van der Waals surface area (Å²) in [7, 11) is 1.53. The number of carboxylic acid groups (broad SMARTS) is 1. The zero-order chi connectivity index (χ0) is 18.8. The summed E-state index contributed by atoms with van der Waals surface area (Å²) in [5.41, 5.74) is 2.81. The van der Waals surface area contributed by atoms with Crippen LogP contribution < -0.4 is 10.1 Å². The Morgan fingerprint density at radius 2 is 2.00 bits per heavy atom. The van der Waals surface area contributed by atoms with Gasteiger partial charge < -0.3 is 20.1 Å². The average molecular weight is 361 g/mol. The van der Waals surface area contributed by atoms with E-state index in [2.05, 4.69) is 25.3 Å². The normalized spacial score (nSPS) is 10.7. The first-order valence-electron chi connectivity index (χ1n) is 8.09. The van der Waals surface area contributed by atoms with Gasteiger partial charge in [-0.1, -0.05) is 6.07 Å². The SMILES string of the molecule is COc1cc(Nc2nccc(-c3ccccn3)n2)cc2cc(C(=O)O)[nH]c12. The Morgan fingerprint density at radius 1 is 1.11 bits per heavy atom. The van der Waals surface area contributed by atoms with Gasteiger partial charge in [-0.2, -0.15) is 0 Å². The van der Waals surface area contributed by atoms with E-state index in [4.69, 9.17) is 4.74 Å². The largest absolute Gasteiger partial charge is 0.494 e. The Balaban J connectivity index is 1.70. The van der Waals surface area contributed by atoms with Crippen LogP contribution in [0.4, 0.5) is 11.6 Å². The highest BCUT2D eigenvalue weighted by atomic mass is 16.5. The van der Waals surface area contributed by atoms with Gasteiger partial charge in [0.15, 0.2) is 0 Å². The molecule has 0 spiro atoms. The molecule has 0 aliphatic rings. The number of nitrogens with zero attached hydrogens (tertiary/aromatic N) is 3. The molecular weight excluding hydrogens is 346 g/mol. The average Bonchev–Trinajstić information content (AvgIpc) is 3.13. The first-order chi connectivity index (χ1) is 13.1. The number of methoxy groups -OCH3 is 1. The van der Waals surface area contributed by atoms with Crippen molar-refractivity contribution in [2.75, 3.05) is 12.4 Å². The fourth-order valence-electron chi connectivity index (χ4n) is 2.76. The molecule has 0 amide bonds. The van der Waals surface area contributed by atoms with Crippen molar-refractivity contribution in [3.05, 3.63) is 60.6 Å². The molecule has 1 aromatic carbocycles. The van der Waals surface area contributed by atoms with Gasteiger partial charge in [-0.25, -0.2) is 14.8 Å². The molecule has 0 saturated heterocycles. The van der Waals surface area contributed by atoms with E-state index in [-0.39, 0.29) is 5.69 Å². The Morgan fingerprint density at radius 3 is 2.74 bits per heavy atom. The van der Waals surface area contributed by atoms with Gasteiger partial charge >= 0.3 is 5.97 Å². The molecular formula is C19H15N5O3. The Bertz CT molecular complexity index is 1120. The van der Waals surface area contributed by atoms with Crippen LogP contribution in [0.1, 0.15) is 10.5 Å². The molecule has 3 aromatic heterocycles. The molecule has 0 radical (unpaired) electrons. The number of rotatable bonds is 5. The Labute approximate surface area is 153 Å². The van der Waals surface area contributed by atoms with Crippen molar-refractivity contribution in [1.82, 2.24) is 19.9 Å². The number of aromatic carboxylic acids is 1. The number of aromatic amines is 1. The number of carboxylic acids is 1. The van der Waals surface area contributed by atoms with E-state index < -0.39 is 5.97 Å². The van der Waals surface area contributed by atoms with Crippen LogP contribution in [0, 0.1) is 0 Å². The number of anilines is 2. The third-order valence-electron chi connectivity index (χ3n) is 3.98. The molecule has 4 rings (SSSR count). The molecule has 3 heterocycles. The maximum Gasteiger partial charge on any atom is 0.352 e. The van der Waals surface area contributed by atoms with E-state index in [1.165, 1.54) is 7.11 Å². The molecule has 8 heteroatoms. The van der Waals surface area contributed by atoms with Crippen molar-refractivity contribution in [2.45, 2.75) is 0 Å². The number of hydrogen-bond acceptors (Lipinski definition) is 6. The summed E-state index contributed by atoms with van der Waals surface area (Å²) in [6, 6.07) is 12.5. The molecule has 0 aliphatic heterocycles. The molecule has 0 bridgehead atoms. The lowest BCUT2D eigenvalue weighted by Crippen LogP contribution is -1.99. The number of ether oxygens (including phenoxy) is 1. The van der Waals surface area contributed by atoms with Crippen molar-refractivity contribution in [1.29, 1.82) is 0 Å². The number of H-pyrrole nitrogens is 1. The Hall–Kier alpha value is -3.94. The van der Waals surface area contributed by atoms with Crippen molar-refractivity contribution in [3.8, 4) is 17.1 Å². The summed E-state index contributed by atoms with van der Waals surface area (Å²) < 4.78 is 5.38. The lowest BCUT2D eigenvalue weighted by atomic mass is 10.2. The zero-order valence-corrected chi connectivity index (χ0v) is 14.3. The summed E-state index contributed by atoms with van der Waals surface area (Å²) >= 11 is 0. The smallest absolute Gasteiger partial charge is 0.352 e. The zero-order valence-electron chi connectivity index (χ0n) is 14.3. The topological polar surface area (TPSA) is 113 Å². The monoisotopic (exact) mass is 361 g/mol.